The summed E-state index contributed by atoms with van der Waals surface area (Å²) in [4.78, 5) is 21.3. The molecule has 1 unspecified atom stereocenters. The van der Waals surface area contributed by atoms with E-state index in [1.54, 1.807) is 0 Å². The van der Waals surface area contributed by atoms with Crippen molar-refractivity contribution >= 4 is 21.7 Å². The molecule has 0 saturated heterocycles. The number of primary amides is 1. The normalized spacial score (nSPS) is 12.9. The minimum absolute atomic E-state index is 0.188. The third-order valence-electron chi connectivity index (χ3n) is 2.83. The van der Waals surface area contributed by atoms with Gasteiger partial charge in [-0.05, 0) is 19.1 Å². The van der Waals surface area contributed by atoms with Crippen LogP contribution in [0.5, 0.6) is 0 Å². The number of carbonyl (C=O) groups excluding carboxylic acids is 1. The van der Waals surface area contributed by atoms with Gasteiger partial charge in [0, 0.05) is 11.5 Å². The minimum Gasteiger partial charge on any atom is -0.478 e. The topological polar surface area (TPSA) is 115 Å². The zero-order valence-corrected chi connectivity index (χ0v) is 11.7. The summed E-state index contributed by atoms with van der Waals surface area (Å²) in [5.41, 5.74) is 4.33. The Kier molecular flexibility index (Phi) is 4.49. The van der Waals surface area contributed by atoms with Crippen LogP contribution in [0.25, 0.3) is 0 Å². The number of hydrogen-bond acceptors (Lipinski definition) is 4. The number of halogens is 1. The highest BCUT2D eigenvalue weighted by atomic mass is 32.2. The zero-order chi connectivity index (χ0) is 15.7. The third-order valence-corrected chi connectivity index (χ3v) is 4.87. The Morgan fingerprint density at radius 2 is 1.95 bits per heavy atom. The van der Waals surface area contributed by atoms with Crippen LogP contribution in [0.2, 0.25) is 0 Å². The lowest BCUT2D eigenvalue weighted by atomic mass is 10.1. The van der Waals surface area contributed by atoms with E-state index in [0.717, 1.165) is 12.1 Å². The van der Waals surface area contributed by atoms with Crippen LogP contribution in [0.15, 0.2) is 17.0 Å². The van der Waals surface area contributed by atoms with Crippen molar-refractivity contribution in [3.8, 4) is 0 Å². The fourth-order valence-corrected chi connectivity index (χ4v) is 3.47. The lowest BCUT2D eigenvalue weighted by Gasteiger charge is -2.12. The van der Waals surface area contributed by atoms with Gasteiger partial charge in [-0.2, -0.15) is 0 Å². The summed E-state index contributed by atoms with van der Waals surface area (Å²) in [5, 5.41) is 8.82. The van der Waals surface area contributed by atoms with Crippen LogP contribution in [0.1, 0.15) is 22.8 Å². The van der Waals surface area contributed by atoms with Gasteiger partial charge in [0.05, 0.1) is 16.2 Å². The molecule has 1 aromatic carbocycles. The number of amides is 1. The van der Waals surface area contributed by atoms with Gasteiger partial charge in [0.1, 0.15) is 5.82 Å². The van der Waals surface area contributed by atoms with E-state index in [-0.39, 0.29) is 5.56 Å². The number of aromatic carboxylic acids is 1. The molecule has 8 heteroatoms. The lowest BCUT2D eigenvalue weighted by molar-refractivity contribution is -0.120. The van der Waals surface area contributed by atoms with Gasteiger partial charge in [0.25, 0.3) is 0 Å². The molecule has 0 aromatic heterocycles. The van der Waals surface area contributed by atoms with Crippen LogP contribution in [-0.2, 0) is 14.6 Å². The fourth-order valence-electron chi connectivity index (χ4n) is 1.60. The van der Waals surface area contributed by atoms with E-state index in [0.29, 0.717) is 0 Å². The summed E-state index contributed by atoms with van der Waals surface area (Å²) in [5.74, 6) is -4.75. The van der Waals surface area contributed by atoms with Crippen molar-refractivity contribution in [2.24, 2.45) is 11.7 Å². The number of hydrogen-bond donors (Lipinski definition) is 2. The highest BCUT2D eigenvalue weighted by Gasteiger charge is 2.26. The van der Waals surface area contributed by atoms with Crippen molar-refractivity contribution in [3.05, 3.63) is 29.1 Å². The molecule has 1 rings (SSSR count). The Morgan fingerprint density at radius 3 is 2.40 bits per heavy atom. The Bertz CT molecular complexity index is 669. The van der Waals surface area contributed by atoms with E-state index < -0.39 is 49.7 Å². The number of carbonyl (C=O) groups is 2. The largest absolute Gasteiger partial charge is 0.478 e. The van der Waals surface area contributed by atoms with Gasteiger partial charge in [0.2, 0.25) is 5.91 Å². The first kappa shape index (κ1) is 16.1. The van der Waals surface area contributed by atoms with Crippen molar-refractivity contribution in [2.75, 3.05) is 5.75 Å². The monoisotopic (exact) mass is 303 g/mol. The van der Waals surface area contributed by atoms with Gasteiger partial charge >= 0.3 is 5.97 Å². The van der Waals surface area contributed by atoms with Crippen molar-refractivity contribution in [1.29, 1.82) is 0 Å². The van der Waals surface area contributed by atoms with Crippen molar-refractivity contribution < 1.29 is 27.5 Å². The molecule has 1 amide bonds. The second-order valence-electron chi connectivity index (χ2n) is 4.47. The summed E-state index contributed by atoms with van der Waals surface area (Å²) < 4.78 is 37.9. The molecule has 0 aliphatic heterocycles. The number of sulfone groups is 1. The fraction of sp³-hybridized carbons (Fsp3) is 0.333. The molecule has 0 fully saturated rings. The molecule has 3 N–H and O–H groups in total. The molecular weight excluding hydrogens is 289 g/mol. The Morgan fingerprint density at radius 1 is 1.40 bits per heavy atom. The molecule has 0 radical (unpaired) electrons. The summed E-state index contributed by atoms with van der Waals surface area (Å²) >= 11 is 0. The number of carboxylic acid groups (broad SMARTS) is 1. The van der Waals surface area contributed by atoms with Crippen LogP contribution < -0.4 is 5.73 Å². The van der Waals surface area contributed by atoms with Crippen LogP contribution in [-0.4, -0.2) is 31.2 Å². The van der Waals surface area contributed by atoms with Crippen LogP contribution >= 0.6 is 0 Å². The summed E-state index contributed by atoms with van der Waals surface area (Å²) in [6, 6.07) is 1.62. The highest BCUT2D eigenvalue weighted by Crippen LogP contribution is 2.23. The molecule has 6 nitrogen and oxygen atoms in total. The Balaban J connectivity index is 3.38. The Hall–Kier alpha value is -1.96. The quantitative estimate of drug-likeness (QED) is 0.832. The summed E-state index contributed by atoms with van der Waals surface area (Å²) in [6.45, 7) is 2.55. The first-order valence-electron chi connectivity index (χ1n) is 5.61. The van der Waals surface area contributed by atoms with Gasteiger partial charge in [-0.25, -0.2) is 17.6 Å². The second kappa shape index (κ2) is 5.58. The number of carboxylic acids is 1. The lowest BCUT2D eigenvalue weighted by Crippen LogP contribution is -2.28. The van der Waals surface area contributed by atoms with E-state index >= 15 is 0 Å². The van der Waals surface area contributed by atoms with Gasteiger partial charge in [-0.15, -0.1) is 0 Å². The zero-order valence-electron chi connectivity index (χ0n) is 10.9. The first-order chi connectivity index (χ1) is 9.06. The van der Waals surface area contributed by atoms with Crippen LogP contribution in [0.3, 0.4) is 0 Å². The molecule has 1 aromatic rings. The van der Waals surface area contributed by atoms with E-state index in [4.69, 9.17) is 10.8 Å². The van der Waals surface area contributed by atoms with Gasteiger partial charge in [0.15, 0.2) is 9.84 Å². The van der Waals surface area contributed by atoms with Crippen molar-refractivity contribution in [1.82, 2.24) is 0 Å². The SMILES string of the molecule is Cc1c(F)cc(C(=O)O)cc1S(=O)(=O)CC(C)C(N)=O. The predicted molar refractivity (Wildman–Crippen MR) is 68.5 cm³/mol. The Labute approximate surface area is 115 Å². The van der Waals surface area contributed by atoms with E-state index in [1.807, 2.05) is 0 Å². The standard InChI is InChI=1S/C12H14FNO5S/c1-6(11(14)15)5-20(18,19)10-4-8(12(16)17)3-9(13)7(10)2/h3-4,6H,5H2,1-2H3,(H2,14,15)(H,16,17). The molecule has 0 bridgehead atoms. The molecular formula is C12H14FNO5S. The molecule has 0 aliphatic rings. The van der Waals surface area contributed by atoms with E-state index in [2.05, 4.69) is 0 Å². The molecule has 0 heterocycles. The maximum absolute atomic E-state index is 13.6. The maximum Gasteiger partial charge on any atom is 0.335 e. The molecule has 0 spiro atoms. The third kappa shape index (κ3) is 3.32. The molecule has 110 valence electrons. The predicted octanol–water partition coefficient (Wildman–Crippen LogP) is 0.727. The average molecular weight is 303 g/mol. The maximum atomic E-state index is 13.6. The molecule has 20 heavy (non-hydrogen) atoms. The number of rotatable bonds is 5. The average Bonchev–Trinajstić information content (AvgIpc) is 2.31. The number of benzene rings is 1. The van der Waals surface area contributed by atoms with E-state index in [9.17, 15) is 22.4 Å². The van der Waals surface area contributed by atoms with Crippen molar-refractivity contribution in [3.63, 3.8) is 0 Å². The van der Waals surface area contributed by atoms with E-state index in [1.165, 1.54) is 13.8 Å². The number of nitrogens with two attached hydrogens (primary N) is 1. The smallest absolute Gasteiger partial charge is 0.335 e. The summed E-state index contributed by atoms with van der Waals surface area (Å²) in [7, 11) is -4.02. The van der Waals surface area contributed by atoms with Gasteiger partial charge in [-0.3, -0.25) is 4.79 Å². The van der Waals surface area contributed by atoms with Gasteiger partial charge in [-0.1, -0.05) is 6.92 Å². The summed E-state index contributed by atoms with van der Waals surface area (Å²) in [6.07, 6.45) is 0. The van der Waals surface area contributed by atoms with Crippen LogP contribution in [0.4, 0.5) is 4.39 Å². The first-order valence-corrected chi connectivity index (χ1v) is 7.27. The van der Waals surface area contributed by atoms with Crippen molar-refractivity contribution in [2.45, 2.75) is 18.7 Å². The molecule has 0 saturated carbocycles. The second-order valence-corrected chi connectivity index (χ2v) is 6.47. The highest BCUT2D eigenvalue weighted by molar-refractivity contribution is 7.91. The molecule has 1 atom stereocenters. The van der Waals surface area contributed by atoms with Gasteiger partial charge < -0.3 is 10.8 Å². The van der Waals surface area contributed by atoms with Crippen LogP contribution in [0, 0.1) is 18.7 Å². The minimum atomic E-state index is -4.02. The molecule has 0 aliphatic carbocycles.